The van der Waals surface area contributed by atoms with Crippen molar-refractivity contribution in [2.45, 2.75) is 45.3 Å². The average molecular weight is 353 g/mol. The van der Waals surface area contributed by atoms with Crippen molar-refractivity contribution in [3.8, 4) is 0 Å². The van der Waals surface area contributed by atoms with Crippen molar-refractivity contribution in [3.05, 3.63) is 84.6 Å². The van der Waals surface area contributed by atoms with Crippen molar-refractivity contribution < 1.29 is 4.74 Å². The highest BCUT2D eigenvalue weighted by atomic mass is 16.5. The summed E-state index contributed by atoms with van der Waals surface area (Å²) < 4.78 is 6.27. The smallest absolute Gasteiger partial charge is 0.0720 e. The maximum absolute atomic E-state index is 6.27. The molecule has 1 aliphatic carbocycles. The maximum atomic E-state index is 6.27. The first-order valence-electron chi connectivity index (χ1n) is 9.37. The van der Waals surface area contributed by atoms with E-state index in [0.717, 1.165) is 29.7 Å². The number of ether oxygens (including phenoxy) is 1. The average Bonchev–Trinajstić information content (AvgIpc) is 2.67. The summed E-state index contributed by atoms with van der Waals surface area (Å²) >= 11 is 0. The zero-order valence-corrected chi connectivity index (χ0v) is 16.0. The van der Waals surface area contributed by atoms with Crippen LogP contribution in [0.2, 0.25) is 0 Å². The van der Waals surface area contributed by atoms with Gasteiger partial charge in [0.1, 0.15) is 0 Å². The van der Waals surface area contributed by atoms with Crippen LogP contribution in [0.4, 0.5) is 0 Å². The molecule has 1 aromatic rings. The molecule has 1 fully saturated rings. The van der Waals surface area contributed by atoms with Crippen molar-refractivity contribution in [1.29, 1.82) is 0 Å². The molecule has 0 bridgehead atoms. The second-order valence-electron chi connectivity index (χ2n) is 7.03. The molecule has 2 rings (SSSR count). The first kappa shape index (κ1) is 20.2. The van der Waals surface area contributed by atoms with E-state index in [0.29, 0.717) is 19.1 Å². The summed E-state index contributed by atoms with van der Waals surface area (Å²) in [6.07, 6.45) is 8.42. The van der Waals surface area contributed by atoms with E-state index in [1.807, 2.05) is 31.2 Å². The topological polar surface area (TPSA) is 38.5 Å². The third kappa shape index (κ3) is 5.72. The number of nitrogens with zero attached hydrogens (tertiary/aromatic N) is 1. The Balaban J connectivity index is 1.96. The van der Waals surface area contributed by atoms with Crippen LogP contribution in [0.25, 0.3) is 0 Å². The molecule has 0 radical (unpaired) electrons. The summed E-state index contributed by atoms with van der Waals surface area (Å²) in [5.41, 5.74) is 4.21. The van der Waals surface area contributed by atoms with Crippen LogP contribution in [0.15, 0.2) is 79.1 Å². The summed E-state index contributed by atoms with van der Waals surface area (Å²) in [4.78, 5) is 0. The van der Waals surface area contributed by atoms with Gasteiger partial charge in [0, 0.05) is 11.6 Å². The van der Waals surface area contributed by atoms with Gasteiger partial charge in [0.2, 0.25) is 0 Å². The van der Waals surface area contributed by atoms with E-state index in [4.69, 9.17) is 10.6 Å². The van der Waals surface area contributed by atoms with Crippen LogP contribution in [0, 0.1) is 5.92 Å². The van der Waals surface area contributed by atoms with Crippen LogP contribution in [0.5, 0.6) is 0 Å². The van der Waals surface area contributed by atoms with Crippen LogP contribution in [0.3, 0.4) is 0 Å². The number of hydrogen-bond donors (Lipinski definition) is 1. The summed E-state index contributed by atoms with van der Waals surface area (Å²) in [6, 6.07) is 10.3. The molecule has 2 atom stereocenters. The van der Waals surface area contributed by atoms with Crippen LogP contribution in [-0.2, 0) is 11.3 Å². The number of rotatable bonds is 9. The van der Waals surface area contributed by atoms with E-state index in [9.17, 15) is 0 Å². The molecule has 0 saturated heterocycles. The van der Waals surface area contributed by atoms with Gasteiger partial charge in [0.25, 0.3) is 0 Å². The molecule has 1 aromatic carbocycles. The molecule has 0 amide bonds. The van der Waals surface area contributed by atoms with Gasteiger partial charge in [-0.15, -0.1) is 0 Å². The Morgan fingerprint density at radius 1 is 1.23 bits per heavy atom. The van der Waals surface area contributed by atoms with E-state index >= 15 is 0 Å². The van der Waals surface area contributed by atoms with E-state index in [-0.39, 0.29) is 6.10 Å². The Bertz CT molecular complexity index is 647. The van der Waals surface area contributed by atoms with Gasteiger partial charge in [-0.25, -0.2) is 5.84 Å². The number of nitrogens with two attached hydrogens (primary N) is 1. The lowest BCUT2D eigenvalue weighted by atomic mass is 9.79. The molecule has 0 aliphatic heterocycles. The van der Waals surface area contributed by atoms with Gasteiger partial charge in [-0.1, -0.05) is 69.0 Å². The normalized spacial score (nSPS) is 20.5. The Morgan fingerprint density at radius 3 is 2.62 bits per heavy atom. The monoisotopic (exact) mass is 352 g/mol. The Morgan fingerprint density at radius 2 is 1.92 bits per heavy atom. The largest absolute Gasteiger partial charge is 0.373 e. The molecule has 0 heterocycles. The quantitative estimate of drug-likeness (QED) is 0.380. The fourth-order valence-corrected chi connectivity index (χ4v) is 3.43. The zero-order chi connectivity index (χ0) is 18.9. The number of allylic oxidation sites excluding steroid dienone is 3. The highest BCUT2D eigenvalue weighted by Crippen LogP contribution is 2.35. The Kier molecular flexibility index (Phi) is 7.89. The molecule has 26 heavy (non-hydrogen) atoms. The van der Waals surface area contributed by atoms with Crippen molar-refractivity contribution in [1.82, 2.24) is 5.01 Å². The number of hydrazine groups is 1. The molecule has 0 unspecified atom stereocenters. The molecule has 2 N–H and O–H groups in total. The lowest BCUT2D eigenvalue weighted by molar-refractivity contribution is -0.00966. The summed E-state index contributed by atoms with van der Waals surface area (Å²) in [5.74, 6) is 6.44. The maximum Gasteiger partial charge on any atom is 0.0720 e. The molecular weight excluding hydrogens is 320 g/mol. The summed E-state index contributed by atoms with van der Waals surface area (Å²) in [7, 11) is 0. The number of benzene rings is 1. The predicted molar refractivity (Wildman–Crippen MR) is 110 cm³/mol. The molecule has 1 saturated carbocycles. The zero-order valence-electron chi connectivity index (χ0n) is 16.0. The second-order valence-corrected chi connectivity index (χ2v) is 7.03. The van der Waals surface area contributed by atoms with Crippen molar-refractivity contribution in [2.24, 2.45) is 11.8 Å². The van der Waals surface area contributed by atoms with E-state index in [1.165, 1.54) is 18.4 Å². The van der Waals surface area contributed by atoms with Gasteiger partial charge in [-0.05, 0) is 42.6 Å². The SMILES string of the molecule is C=C/C=C(/C)N(N)CC(=C)C(=C)[C@H]1CCCC[C@@H]1OCc1ccccc1. The minimum atomic E-state index is 0.198. The molecule has 3 heteroatoms. The molecule has 0 spiro atoms. The lowest BCUT2D eigenvalue weighted by Crippen LogP contribution is -2.34. The fourth-order valence-electron chi connectivity index (χ4n) is 3.43. The standard InChI is InChI=1S/C23H32N2O/c1-5-11-19(3)25(24)16-18(2)20(4)22-14-9-10-15-23(22)26-17-21-12-7-6-8-13-21/h5-8,11-13,22-23H,1-2,4,9-10,14-17,24H2,3H3/b19-11-/t22-,23+/m1/s1. The fraction of sp³-hybridized carbons (Fsp3) is 0.391. The highest BCUT2D eigenvalue weighted by Gasteiger charge is 2.29. The van der Waals surface area contributed by atoms with Crippen LogP contribution >= 0.6 is 0 Å². The van der Waals surface area contributed by atoms with Gasteiger partial charge in [-0.2, -0.15) is 0 Å². The molecule has 0 aromatic heterocycles. The van der Waals surface area contributed by atoms with Gasteiger partial charge >= 0.3 is 0 Å². The minimum absolute atomic E-state index is 0.198. The lowest BCUT2D eigenvalue weighted by Gasteiger charge is -2.34. The Hall–Kier alpha value is -2.10. The van der Waals surface area contributed by atoms with Gasteiger partial charge in [0.05, 0.1) is 19.3 Å². The van der Waals surface area contributed by atoms with Gasteiger partial charge < -0.3 is 9.75 Å². The van der Waals surface area contributed by atoms with Gasteiger partial charge in [0.15, 0.2) is 0 Å². The minimum Gasteiger partial charge on any atom is -0.373 e. The number of hydrogen-bond acceptors (Lipinski definition) is 3. The molecule has 140 valence electrons. The van der Waals surface area contributed by atoms with Crippen molar-refractivity contribution in [2.75, 3.05) is 6.54 Å². The third-order valence-electron chi connectivity index (χ3n) is 5.08. The Labute approximate surface area is 158 Å². The van der Waals surface area contributed by atoms with Crippen molar-refractivity contribution in [3.63, 3.8) is 0 Å². The van der Waals surface area contributed by atoms with Crippen LogP contribution in [-0.4, -0.2) is 17.7 Å². The second kappa shape index (κ2) is 10.1. The van der Waals surface area contributed by atoms with Crippen LogP contribution < -0.4 is 5.84 Å². The predicted octanol–water partition coefficient (Wildman–Crippen LogP) is 5.14. The molecular formula is C23H32N2O. The third-order valence-corrected chi connectivity index (χ3v) is 5.08. The van der Waals surface area contributed by atoms with Crippen LogP contribution in [0.1, 0.15) is 38.2 Å². The van der Waals surface area contributed by atoms with E-state index < -0.39 is 0 Å². The van der Waals surface area contributed by atoms with Crippen molar-refractivity contribution >= 4 is 0 Å². The van der Waals surface area contributed by atoms with E-state index in [1.54, 1.807) is 11.1 Å². The highest BCUT2D eigenvalue weighted by molar-refractivity contribution is 5.31. The van der Waals surface area contributed by atoms with Gasteiger partial charge in [-0.3, -0.25) is 0 Å². The molecule has 1 aliphatic rings. The first-order valence-corrected chi connectivity index (χ1v) is 9.37. The first-order chi connectivity index (χ1) is 12.5. The summed E-state index contributed by atoms with van der Waals surface area (Å²) in [6.45, 7) is 15.5. The van der Waals surface area contributed by atoms with E-state index in [2.05, 4.69) is 31.9 Å². The molecule has 3 nitrogen and oxygen atoms in total. The summed E-state index contributed by atoms with van der Waals surface area (Å²) in [5, 5.41) is 1.69.